The number of carbonyl (C=O) groups excluding carboxylic acids is 1. The third-order valence-corrected chi connectivity index (χ3v) is 3.79. The van der Waals surface area contributed by atoms with Crippen molar-refractivity contribution >= 4 is 27.5 Å². The number of hydrogen-bond acceptors (Lipinski definition) is 5. The van der Waals surface area contributed by atoms with E-state index in [9.17, 15) is 4.79 Å². The van der Waals surface area contributed by atoms with Crippen LogP contribution in [0.1, 0.15) is 17.4 Å². The summed E-state index contributed by atoms with van der Waals surface area (Å²) in [5.41, 5.74) is 0.932. The molecule has 7 nitrogen and oxygen atoms in total. The lowest BCUT2D eigenvalue weighted by Gasteiger charge is -2.09. The fourth-order valence-corrected chi connectivity index (χ4v) is 2.45. The summed E-state index contributed by atoms with van der Waals surface area (Å²) in [6, 6.07) is 10.7. The number of benzene rings is 1. The van der Waals surface area contributed by atoms with Gasteiger partial charge in [-0.15, -0.1) is 10.2 Å². The Kier molecular flexibility index (Phi) is 4.85. The molecule has 0 fully saturated rings. The van der Waals surface area contributed by atoms with Crippen molar-refractivity contribution in [1.29, 1.82) is 0 Å². The number of nitrogens with one attached hydrogen (secondary N) is 1. The maximum absolute atomic E-state index is 12.5. The molecule has 0 aliphatic carbocycles. The van der Waals surface area contributed by atoms with Crippen LogP contribution in [0, 0.1) is 0 Å². The largest absolute Gasteiger partial charge is 0.494 e. The Labute approximate surface area is 146 Å². The van der Waals surface area contributed by atoms with Gasteiger partial charge in [0.15, 0.2) is 0 Å². The number of nitrogens with zero attached hydrogens (tertiary/aromatic N) is 4. The molecule has 3 aromatic rings. The smallest absolute Gasteiger partial charge is 0.275 e. The Bertz CT molecular complexity index is 834. The van der Waals surface area contributed by atoms with Crippen LogP contribution in [0.5, 0.6) is 5.75 Å². The molecule has 3 rings (SSSR count). The normalized spacial score (nSPS) is 10.4. The molecule has 122 valence electrons. The highest BCUT2D eigenvalue weighted by Crippen LogP contribution is 2.20. The number of halogens is 1. The summed E-state index contributed by atoms with van der Waals surface area (Å²) in [5.74, 6) is 0.991. The van der Waals surface area contributed by atoms with E-state index in [1.54, 1.807) is 41.0 Å². The SMILES string of the molecule is CCOc1ccc(NC(=O)c2nc(-n3cnnc3)ccc2Br)cc1. The Hall–Kier alpha value is -2.74. The van der Waals surface area contributed by atoms with Crippen LogP contribution < -0.4 is 10.1 Å². The molecule has 0 saturated heterocycles. The molecule has 0 aliphatic heterocycles. The van der Waals surface area contributed by atoms with Gasteiger partial charge in [-0.3, -0.25) is 9.36 Å². The fourth-order valence-electron chi connectivity index (χ4n) is 2.05. The van der Waals surface area contributed by atoms with Crippen LogP contribution in [0.15, 0.2) is 53.5 Å². The van der Waals surface area contributed by atoms with Crippen LogP contribution in [0.2, 0.25) is 0 Å². The maximum atomic E-state index is 12.5. The van der Waals surface area contributed by atoms with Gasteiger partial charge in [0.05, 0.1) is 6.61 Å². The summed E-state index contributed by atoms with van der Waals surface area (Å²) in [4.78, 5) is 16.8. The Morgan fingerprint density at radius 3 is 2.54 bits per heavy atom. The van der Waals surface area contributed by atoms with Gasteiger partial charge in [0, 0.05) is 10.2 Å². The summed E-state index contributed by atoms with van der Waals surface area (Å²) in [7, 11) is 0. The van der Waals surface area contributed by atoms with E-state index in [2.05, 4.69) is 36.4 Å². The third kappa shape index (κ3) is 3.60. The molecular formula is C16H14BrN5O2. The van der Waals surface area contributed by atoms with E-state index in [1.165, 1.54) is 12.7 Å². The average Bonchev–Trinajstić information content (AvgIpc) is 3.12. The van der Waals surface area contributed by atoms with Gasteiger partial charge < -0.3 is 10.1 Å². The van der Waals surface area contributed by atoms with Gasteiger partial charge >= 0.3 is 0 Å². The molecule has 0 unspecified atom stereocenters. The zero-order valence-corrected chi connectivity index (χ0v) is 14.4. The first-order chi connectivity index (χ1) is 11.7. The van der Waals surface area contributed by atoms with Gasteiger partial charge in [-0.25, -0.2) is 4.98 Å². The summed E-state index contributed by atoms with van der Waals surface area (Å²) >= 11 is 3.36. The van der Waals surface area contributed by atoms with Gasteiger partial charge in [0.25, 0.3) is 5.91 Å². The predicted octanol–water partition coefficient (Wildman–Crippen LogP) is 3.08. The van der Waals surface area contributed by atoms with Gasteiger partial charge in [-0.2, -0.15) is 0 Å². The van der Waals surface area contributed by atoms with Crippen molar-refractivity contribution in [3.05, 3.63) is 59.2 Å². The summed E-state index contributed by atoms with van der Waals surface area (Å²) in [6.07, 6.45) is 3.04. The Balaban J connectivity index is 1.80. The van der Waals surface area contributed by atoms with Crippen molar-refractivity contribution in [2.45, 2.75) is 6.92 Å². The van der Waals surface area contributed by atoms with Gasteiger partial charge in [-0.1, -0.05) is 0 Å². The summed E-state index contributed by atoms with van der Waals surface area (Å²) in [5, 5.41) is 10.3. The maximum Gasteiger partial charge on any atom is 0.275 e. The number of rotatable bonds is 5. The van der Waals surface area contributed by atoms with Gasteiger partial charge in [0.1, 0.15) is 29.9 Å². The van der Waals surface area contributed by atoms with Crippen molar-refractivity contribution in [2.24, 2.45) is 0 Å². The first-order valence-corrected chi connectivity index (χ1v) is 8.02. The van der Waals surface area contributed by atoms with E-state index in [4.69, 9.17) is 4.74 Å². The molecule has 1 amide bonds. The van der Waals surface area contributed by atoms with Crippen LogP contribution in [-0.2, 0) is 0 Å². The predicted molar refractivity (Wildman–Crippen MR) is 92.4 cm³/mol. The first kappa shape index (κ1) is 16.1. The minimum absolute atomic E-state index is 0.273. The average molecular weight is 388 g/mol. The first-order valence-electron chi connectivity index (χ1n) is 7.23. The molecular weight excluding hydrogens is 374 g/mol. The number of anilines is 1. The molecule has 0 spiro atoms. The number of aromatic nitrogens is 4. The van der Waals surface area contributed by atoms with Crippen LogP contribution in [0.4, 0.5) is 5.69 Å². The fraction of sp³-hybridized carbons (Fsp3) is 0.125. The number of carbonyl (C=O) groups is 1. The van der Waals surface area contributed by atoms with Crippen molar-refractivity contribution in [1.82, 2.24) is 19.7 Å². The second-order valence-corrected chi connectivity index (χ2v) is 5.63. The molecule has 0 radical (unpaired) electrons. The zero-order valence-electron chi connectivity index (χ0n) is 12.8. The topological polar surface area (TPSA) is 81.9 Å². The molecule has 0 saturated carbocycles. The quantitative estimate of drug-likeness (QED) is 0.727. The minimum Gasteiger partial charge on any atom is -0.494 e. The molecule has 0 aliphatic rings. The molecule has 8 heteroatoms. The van der Waals surface area contributed by atoms with E-state index in [1.807, 2.05) is 6.92 Å². The third-order valence-electron chi connectivity index (χ3n) is 3.15. The molecule has 2 aromatic heterocycles. The van der Waals surface area contributed by atoms with Gasteiger partial charge in [-0.05, 0) is 59.3 Å². The van der Waals surface area contributed by atoms with Gasteiger partial charge in [0.2, 0.25) is 0 Å². The lowest BCUT2D eigenvalue weighted by atomic mass is 10.2. The van der Waals surface area contributed by atoms with Crippen molar-refractivity contribution in [3.8, 4) is 11.6 Å². The van der Waals surface area contributed by atoms with Crippen LogP contribution >= 0.6 is 15.9 Å². The summed E-state index contributed by atoms with van der Waals surface area (Å²) < 4.78 is 7.60. The molecule has 1 N–H and O–H groups in total. The van der Waals surface area contributed by atoms with E-state index in [0.717, 1.165) is 5.75 Å². The zero-order chi connectivity index (χ0) is 16.9. The lowest BCUT2D eigenvalue weighted by Crippen LogP contribution is -2.15. The number of pyridine rings is 1. The monoisotopic (exact) mass is 387 g/mol. The molecule has 24 heavy (non-hydrogen) atoms. The summed E-state index contributed by atoms with van der Waals surface area (Å²) in [6.45, 7) is 2.51. The highest BCUT2D eigenvalue weighted by molar-refractivity contribution is 9.10. The standard InChI is InChI=1S/C16H14BrN5O2/c1-2-24-12-5-3-11(4-6-12)20-16(23)15-13(17)7-8-14(21-15)22-9-18-19-10-22/h3-10H,2H2,1H3,(H,20,23). The van der Waals surface area contributed by atoms with Crippen LogP contribution in [0.3, 0.4) is 0 Å². The second-order valence-electron chi connectivity index (χ2n) is 4.78. The number of ether oxygens (including phenoxy) is 1. The second kappa shape index (κ2) is 7.22. The van der Waals surface area contributed by atoms with E-state index in [0.29, 0.717) is 22.6 Å². The number of hydrogen-bond donors (Lipinski definition) is 1. The molecule has 0 bridgehead atoms. The van der Waals surface area contributed by atoms with Crippen molar-refractivity contribution < 1.29 is 9.53 Å². The Morgan fingerprint density at radius 1 is 1.17 bits per heavy atom. The van der Waals surface area contributed by atoms with E-state index in [-0.39, 0.29) is 11.6 Å². The van der Waals surface area contributed by atoms with Crippen LogP contribution in [0.25, 0.3) is 5.82 Å². The van der Waals surface area contributed by atoms with Crippen LogP contribution in [-0.4, -0.2) is 32.3 Å². The Morgan fingerprint density at radius 2 is 1.88 bits per heavy atom. The molecule has 1 aromatic carbocycles. The van der Waals surface area contributed by atoms with Crippen molar-refractivity contribution in [2.75, 3.05) is 11.9 Å². The highest BCUT2D eigenvalue weighted by Gasteiger charge is 2.14. The molecule has 0 atom stereocenters. The van der Waals surface area contributed by atoms with E-state index < -0.39 is 0 Å². The minimum atomic E-state index is -0.319. The highest BCUT2D eigenvalue weighted by atomic mass is 79.9. The molecule has 2 heterocycles. The van der Waals surface area contributed by atoms with Crippen molar-refractivity contribution in [3.63, 3.8) is 0 Å². The number of amides is 1. The van der Waals surface area contributed by atoms with E-state index >= 15 is 0 Å². The lowest BCUT2D eigenvalue weighted by molar-refractivity contribution is 0.102.